The van der Waals surface area contributed by atoms with Crippen molar-refractivity contribution in [1.82, 2.24) is 0 Å². The van der Waals surface area contributed by atoms with Crippen LogP contribution in [0.5, 0.6) is 0 Å². The van der Waals surface area contributed by atoms with Gasteiger partial charge in [0.1, 0.15) is 6.54 Å². The van der Waals surface area contributed by atoms with Gasteiger partial charge in [0.25, 0.3) is 0 Å². The van der Waals surface area contributed by atoms with Crippen LogP contribution in [-0.2, 0) is 19.1 Å². The third-order valence-electron chi connectivity index (χ3n) is 3.19. The summed E-state index contributed by atoms with van der Waals surface area (Å²) in [7, 11) is 0. The summed E-state index contributed by atoms with van der Waals surface area (Å²) in [6.07, 6.45) is 0.238. The molecule has 0 N–H and O–H groups in total. The van der Waals surface area contributed by atoms with Gasteiger partial charge in [-0.2, -0.15) is 0 Å². The molecule has 0 aromatic heterocycles. The summed E-state index contributed by atoms with van der Waals surface area (Å²) < 4.78 is 9.56. The molecule has 124 valence electrons. The van der Waals surface area contributed by atoms with Gasteiger partial charge in [-0.05, 0) is 0 Å². The van der Waals surface area contributed by atoms with E-state index in [4.69, 9.17) is 9.47 Å². The highest BCUT2D eigenvalue weighted by Gasteiger charge is 2.09. The van der Waals surface area contributed by atoms with E-state index in [0.29, 0.717) is 5.71 Å². The average molecular weight is 325 g/mol. The lowest BCUT2D eigenvalue weighted by Crippen LogP contribution is -2.15. The second-order valence-electron chi connectivity index (χ2n) is 4.90. The molecule has 0 saturated heterocycles. The van der Waals surface area contributed by atoms with Gasteiger partial charge in [-0.15, -0.1) is 0 Å². The number of benzene rings is 2. The van der Waals surface area contributed by atoms with Crippen LogP contribution in [0.1, 0.15) is 24.5 Å². The molecule has 0 aliphatic heterocycles. The minimum absolute atomic E-state index is 0.150. The molecular weight excluding hydrogens is 306 g/mol. The summed E-state index contributed by atoms with van der Waals surface area (Å²) >= 11 is 0. The number of carbonyl (C=O) groups is 2. The van der Waals surface area contributed by atoms with Crippen LogP contribution in [0.2, 0.25) is 0 Å². The Hall–Kier alpha value is -2.95. The van der Waals surface area contributed by atoms with Gasteiger partial charge in [-0.3, -0.25) is 9.79 Å². The molecule has 5 nitrogen and oxygen atoms in total. The largest absolute Gasteiger partial charge is 0.428 e. The summed E-state index contributed by atoms with van der Waals surface area (Å²) in [6, 6.07) is 19.2. The molecule has 2 aromatic carbocycles. The van der Waals surface area contributed by atoms with Crippen molar-refractivity contribution in [2.75, 3.05) is 13.3 Å². The van der Waals surface area contributed by atoms with Crippen molar-refractivity contribution in [2.24, 2.45) is 4.99 Å². The first kappa shape index (κ1) is 17.4. The number of hydrogen-bond donors (Lipinski definition) is 0. The zero-order valence-corrected chi connectivity index (χ0v) is 13.5. The fourth-order valence-electron chi connectivity index (χ4n) is 1.99. The minimum atomic E-state index is -0.553. The van der Waals surface area contributed by atoms with Gasteiger partial charge in [0.2, 0.25) is 6.79 Å². The van der Waals surface area contributed by atoms with Crippen molar-refractivity contribution < 1.29 is 19.1 Å². The summed E-state index contributed by atoms with van der Waals surface area (Å²) in [6.45, 7) is 1.14. The number of hydrogen-bond acceptors (Lipinski definition) is 5. The van der Waals surface area contributed by atoms with Crippen molar-refractivity contribution in [3.8, 4) is 0 Å². The Kier molecular flexibility index (Phi) is 6.71. The highest BCUT2D eigenvalue weighted by molar-refractivity contribution is 6.13. The lowest BCUT2D eigenvalue weighted by Gasteiger charge is -2.08. The predicted molar refractivity (Wildman–Crippen MR) is 90.7 cm³/mol. The molecule has 0 fully saturated rings. The quantitative estimate of drug-likeness (QED) is 0.446. The summed E-state index contributed by atoms with van der Waals surface area (Å²) in [5, 5.41) is 0. The standard InChI is InChI=1S/C19H19NO4/c1-2-17(21)23-14-24-18(22)13-20-19(15-9-5-3-6-10-15)16-11-7-4-8-12-16/h3-12H,2,13-14H2,1H3. The predicted octanol–water partition coefficient (Wildman–Crippen LogP) is 2.98. The van der Waals surface area contributed by atoms with Crippen LogP contribution in [0.4, 0.5) is 0 Å². The van der Waals surface area contributed by atoms with Gasteiger partial charge in [0.05, 0.1) is 5.71 Å². The van der Waals surface area contributed by atoms with Crippen molar-refractivity contribution in [2.45, 2.75) is 13.3 Å². The van der Waals surface area contributed by atoms with Crippen LogP contribution < -0.4 is 0 Å². The molecule has 0 radical (unpaired) electrons. The lowest BCUT2D eigenvalue weighted by atomic mass is 10.0. The third kappa shape index (κ3) is 5.35. The molecule has 0 saturated carbocycles. The third-order valence-corrected chi connectivity index (χ3v) is 3.19. The SMILES string of the molecule is CCC(=O)OCOC(=O)CN=C(c1ccccc1)c1ccccc1. The lowest BCUT2D eigenvalue weighted by molar-refractivity contribution is -0.165. The number of nitrogens with zero attached hydrogens (tertiary/aromatic N) is 1. The van der Waals surface area contributed by atoms with Gasteiger partial charge in [-0.1, -0.05) is 67.6 Å². The van der Waals surface area contributed by atoms with E-state index in [1.54, 1.807) is 6.92 Å². The number of rotatable bonds is 7. The molecule has 0 atom stereocenters. The van der Waals surface area contributed by atoms with Gasteiger partial charge in [-0.25, -0.2) is 4.79 Å². The van der Waals surface area contributed by atoms with E-state index in [9.17, 15) is 9.59 Å². The van der Waals surface area contributed by atoms with Crippen molar-refractivity contribution in [3.63, 3.8) is 0 Å². The number of esters is 2. The van der Waals surface area contributed by atoms with Crippen molar-refractivity contribution in [1.29, 1.82) is 0 Å². The molecule has 0 unspecified atom stereocenters. The zero-order valence-electron chi connectivity index (χ0n) is 13.5. The van der Waals surface area contributed by atoms with E-state index in [-0.39, 0.29) is 19.8 Å². The Morgan fingerprint density at radius 3 is 1.83 bits per heavy atom. The van der Waals surface area contributed by atoms with Crippen molar-refractivity contribution >= 4 is 17.7 Å². The molecule has 5 heteroatoms. The maximum atomic E-state index is 11.8. The number of ether oxygens (including phenoxy) is 2. The van der Waals surface area contributed by atoms with Crippen LogP contribution in [0.3, 0.4) is 0 Å². The Morgan fingerprint density at radius 1 is 0.833 bits per heavy atom. The maximum absolute atomic E-state index is 11.8. The van der Waals surface area contributed by atoms with Crippen LogP contribution in [-0.4, -0.2) is 31.0 Å². The fourth-order valence-corrected chi connectivity index (χ4v) is 1.99. The van der Waals surface area contributed by atoms with E-state index >= 15 is 0 Å². The van der Waals surface area contributed by atoms with Gasteiger partial charge < -0.3 is 9.47 Å². The average Bonchev–Trinajstić information content (AvgIpc) is 2.63. The van der Waals surface area contributed by atoms with E-state index in [2.05, 4.69) is 4.99 Å². The van der Waals surface area contributed by atoms with E-state index in [1.165, 1.54) is 0 Å². The van der Waals surface area contributed by atoms with Gasteiger partial charge >= 0.3 is 11.9 Å². The Labute approximate surface area is 140 Å². The first-order valence-corrected chi connectivity index (χ1v) is 7.67. The second-order valence-corrected chi connectivity index (χ2v) is 4.90. The molecule has 0 bridgehead atoms. The van der Waals surface area contributed by atoms with Crippen LogP contribution in [0.25, 0.3) is 0 Å². The topological polar surface area (TPSA) is 65.0 Å². The van der Waals surface area contributed by atoms with E-state index in [0.717, 1.165) is 11.1 Å². The smallest absolute Gasteiger partial charge is 0.330 e. The Morgan fingerprint density at radius 2 is 1.33 bits per heavy atom. The van der Waals surface area contributed by atoms with Crippen LogP contribution in [0.15, 0.2) is 65.7 Å². The molecule has 24 heavy (non-hydrogen) atoms. The summed E-state index contributed by atoms with van der Waals surface area (Å²) in [4.78, 5) is 27.1. The number of carbonyl (C=O) groups excluding carboxylic acids is 2. The Bertz CT molecular complexity index is 654. The monoisotopic (exact) mass is 325 g/mol. The molecule has 0 aliphatic carbocycles. The van der Waals surface area contributed by atoms with Gasteiger partial charge in [0.15, 0.2) is 0 Å². The van der Waals surface area contributed by atoms with Gasteiger partial charge in [0, 0.05) is 17.5 Å². The molecule has 0 amide bonds. The Balaban J connectivity index is 2.06. The summed E-state index contributed by atoms with van der Waals surface area (Å²) in [5.74, 6) is -0.969. The second kappa shape index (κ2) is 9.25. The van der Waals surface area contributed by atoms with E-state index in [1.807, 2.05) is 60.7 Å². The molecule has 0 spiro atoms. The minimum Gasteiger partial charge on any atom is -0.428 e. The van der Waals surface area contributed by atoms with Crippen LogP contribution in [0, 0.1) is 0 Å². The van der Waals surface area contributed by atoms with Crippen LogP contribution >= 0.6 is 0 Å². The highest BCUT2D eigenvalue weighted by atomic mass is 16.7. The molecule has 0 heterocycles. The fraction of sp³-hybridized carbons (Fsp3) is 0.211. The number of aliphatic imine (C=N–C) groups is 1. The summed E-state index contributed by atoms with van der Waals surface area (Å²) in [5.41, 5.74) is 2.53. The molecule has 2 aromatic rings. The highest BCUT2D eigenvalue weighted by Crippen LogP contribution is 2.11. The zero-order chi connectivity index (χ0) is 17.2. The molecule has 0 aliphatic rings. The first-order chi connectivity index (χ1) is 11.7. The normalized spacial score (nSPS) is 9.88. The maximum Gasteiger partial charge on any atom is 0.330 e. The first-order valence-electron chi connectivity index (χ1n) is 7.67. The molecular formula is C19H19NO4. The van der Waals surface area contributed by atoms with E-state index < -0.39 is 11.9 Å². The van der Waals surface area contributed by atoms with Crippen molar-refractivity contribution in [3.05, 3.63) is 71.8 Å². The molecule has 2 rings (SSSR count).